The summed E-state index contributed by atoms with van der Waals surface area (Å²) in [6.07, 6.45) is 0.697. The first-order valence-corrected chi connectivity index (χ1v) is 5.55. The maximum atomic E-state index is 13.5. The molecule has 0 bridgehead atoms. The lowest BCUT2D eigenvalue weighted by atomic mass is 10.1. The number of aliphatic hydroxyl groups is 1. The van der Waals surface area contributed by atoms with Crippen LogP contribution in [-0.4, -0.2) is 29.7 Å². The van der Waals surface area contributed by atoms with Crippen LogP contribution in [0.1, 0.15) is 18.9 Å². The molecule has 3 nitrogen and oxygen atoms in total. The van der Waals surface area contributed by atoms with E-state index in [9.17, 15) is 4.39 Å². The second-order valence-electron chi connectivity index (χ2n) is 3.75. The van der Waals surface area contributed by atoms with Crippen LogP contribution < -0.4 is 5.73 Å². The molecule has 0 saturated heterocycles. The summed E-state index contributed by atoms with van der Waals surface area (Å²) in [4.78, 5) is 2.06. The molecular formula is C12H19FN2O. The average molecular weight is 226 g/mol. The highest BCUT2D eigenvalue weighted by molar-refractivity contribution is 5.47. The molecule has 90 valence electrons. The van der Waals surface area contributed by atoms with E-state index in [-0.39, 0.29) is 12.4 Å². The third-order valence-electron chi connectivity index (χ3n) is 2.62. The summed E-state index contributed by atoms with van der Waals surface area (Å²) in [5.74, 6) is -0.262. The molecule has 1 aromatic carbocycles. The van der Waals surface area contributed by atoms with Crippen LogP contribution in [0.5, 0.6) is 0 Å². The Morgan fingerprint density at radius 3 is 2.75 bits per heavy atom. The predicted octanol–water partition coefficient (Wildman–Crippen LogP) is 1.61. The van der Waals surface area contributed by atoms with Crippen molar-refractivity contribution in [2.45, 2.75) is 19.9 Å². The van der Waals surface area contributed by atoms with Gasteiger partial charge in [0.1, 0.15) is 5.82 Å². The molecular weight excluding hydrogens is 207 g/mol. The third kappa shape index (κ3) is 3.47. The number of halogens is 1. The molecule has 16 heavy (non-hydrogen) atoms. The second kappa shape index (κ2) is 6.45. The van der Waals surface area contributed by atoms with Crippen molar-refractivity contribution < 1.29 is 9.50 Å². The van der Waals surface area contributed by atoms with Crippen LogP contribution in [-0.2, 0) is 6.54 Å². The van der Waals surface area contributed by atoms with Crippen molar-refractivity contribution in [1.29, 1.82) is 0 Å². The number of hydrogen-bond donors (Lipinski definition) is 2. The molecule has 0 unspecified atom stereocenters. The number of hydrogen-bond acceptors (Lipinski definition) is 3. The van der Waals surface area contributed by atoms with Crippen molar-refractivity contribution >= 4 is 5.69 Å². The van der Waals surface area contributed by atoms with Gasteiger partial charge in [-0.2, -0.15) is 0 Å². The Labute approximate surface area is 95.7 Å². The lowest BCUT2D eigenvalue weighted by molar-refractivity contribution is 0.224. The molecule has 0 aliphatic rings. The Morgan fingerprint density at radius 1 is 1.44 bits per heavy atom. The van der Waals surface area contributed by atoms with E-state index in [1.54, 1.807) is 12.1 Å². The highest BCUT2D eigenvalue weighted by Gasteiger charge is 2.10. The zero-order valence-electron chi connectivity index (χ0n) is 9.62. The predicted molar refractivity (Wildman–Crippen MR) is 63.5 cm³/mol. The Hall–Kier alpha value is -1.13. The summed E-state index contributed by atoms with van der Waals surface area (Å²) in [5.41, 5.74) is 6.77. The van der Waals surface area contributed by atoms with E-state index in [1.807, 2.05) is 6.92 Å². The van der Waals surface area contributed by atoms with Crippen LogP contribution in [0.15, 0.2) is 18.2 Å². The highest BCUT2D eigenvalue weighted by atomic mass is 19.1. The molecule has 0 aromatic heterocycles. The summed E-state index contributed by atoms with van der Waals surface area (Å²) < 4.78 is 13.5. The molecule has 0 atom stereocenters. The van der Waals surface area contributed by atoms with Crippen molar-refractivity contribution in [2.24, 2.45) is 0 Å². The summed E-state index contributed by atoms with van der Waals surface area (Å²) in [6.45, 7) is 4.22. The zero-order chi connectivity index (χ0) is 12.0. The number of benzene rings is 1. The molecule has 0 amide bonds. The van der Waals surface area contributed by atoms with Gasteiger partial charge in [-0.3, -0.25) is 4.90 Å². The first kappa shape index (κ1) is 12.9. The van der Waals surface area contributed by atoms with Gasteiger partial charge < -0.3 is 10.8 Å². The quantitative estimate of drug-likeness (QED) is 0.725. The van der Waals surface area contributed by atoms with Gasteiger partial charge >= 0.3 is 0 Å². The number of rotatable bonds is 6. The SMILES string of the molecule is CCN(CCCO)Cc1c(N)cccc1F. The average Bonchev–Trinajstić information content (AvgIpc) is 2.28. The Kier molecular flexibility index (Phi) is 5.22. The lowest BCUT2D eigenvalue weighted by Crippen LogP contribution is -2.25. The Bertz CT molecular complexity index is 311. The molecule has 0 saturated carbocycles. The first-order valence-electron chi connectivity index (χ1n) is 5.55. The Balaban J connectivity index is 2.69. The van der Waals surface area contributed by atoms with Crippen LogP contribution >= 0.6 is 0 Å². The molecule has 0 aliphatic heterocycles. The van der Waals surface area contributed by atoms with Crippen LogP contribution in [0.25, 0.3) is 0 Å². The van der Waals surface area contributed by atoms with Gasteiger partial charge in [-0.05, 0) is 25.1 Å². The van der Waals surface area contributed by atoms with Crippen molar-refractivity contribution in [2.75, 3.05) is 25.4 Å². The number of nitrogens with two attached hydrogens (primary N) is 1. The minimum Gasteiger partial charge on any atom is -0.398 e. The minimum absolute atomic E-state index is 0.156. The fourth-order valence-corrected chi connectivity index (χ4v) is 1.61. The smallest absolute Gasteiger partial charge is 0.129 e. The van der Waals surface area contributed by atoms with E-state index < -0.39 is 0 Å². The highest BCUT2D eigenvalue weighted by Crippen LogP contribution is 2.17. The van der Waals surface area contributed by atoms with Gasteiger partial charge in [-0.25, -0.2) is 4.39 Å². The maximum absolute atomic E-state index is 13.5. The maximum Gasteiger partial charge on any atom is 0.129 e. The van der Waals surface area contributed by atoms with E-state index >= 15 is 0 Å². The van der Waals surface area contributed by atoms with Gasteiger partial charge in [-0.1, -0.05) is 13.0 Å². The first-order chi connectivity index (χ1) is 7.69. The Morgan fingerprint density at radius 2 is 2.19 bits per heavy atom. The summed E-state index contributed by atoms with van der Waals surface area (Å²) in [6, 6.07) is 4.74. The number of aliphatic hydroxyl groups excluding tert-OH is 1. The molecule has 0 aliphatic carbocycles. The van der Waals surface area contributed by atoms with Crippen molar-refractivity contribution in [3.8, 4) is 0 Å². The summed E-state index contributed by atoms with van der Waals surface area (Å²) >= 11 is 0. The summed E-state index contributed by atoms with van der Waals surface area (Å²) in [7, 11) is 0. The van der Waals surface area contributed by atoms with Gasteiger partial charge in [0.05, 0.1) is 0 Å². The van der Waals surface area contributed by atoms with Crippen molar-refractivity contribution in [3.05, 3.63) is 29.6 Å². The fourth-order valence-electron chi connectivity index (χ4n) is 1.61. The molecule has 1 rings (SSSR count). The van der Waals surface area contributed by atoms with E-state index in [0.717, 1.165) is 13.1 Å². The largest absolute Gasteiger partial charge is 0.398 e. The molecule has 0 radical (unpaired) electrons. The molecule has 3 N–H and O–H groups in total. The lowest BCUT2D eigenvalue weighted by Gasteiger charge is -2.21. The fraction of sp³-hybridized carbons (Fsp3) is 0.500. The molecule has 0 fully saturated rings. The third-order valence-corrected chi connectivity index (χ3v) is 2.62. The topological polar surface area (TPSA) is 49.5 Å². The monoisotopic (exact) mass is 226 g/mol. The van der Waals surface area contributed by atoms with Crippen molar-refractivity contribution in [3.63, 3.8) is 0 Å². The number of anilines is 1. The van der Waals surface area contributed by atoms with E-state index in [1.165, 1.54) is 6.07 Å². The second-order valence-corrected chi connectivity index (χ2v) is 3.75. The molecule has 0 heterocycles. The normalized spacial score (nSPS) is 11.0. The zero-order valence-corrected chi connectivity index (χ0v) is 9.62. The van der Waals surface area contributed by atoms with Gasteiger partial charge in [0.15, 0.2) is 0 Å². The molecule has 0 spiro atoms. The van der Waals surface area contributed by atoms with E-state index in [4.69, 9.17) is 10.8 Å². The van der Waals surface area contributed by atoms with Crippen LogP contribution in [0, 0.1) is 5.82 Å². The summed E-state index contributed by atoms with van der Waals surface area (Å²) in [5, 5.41) is 8.76. The standard InChI is InChI=1S/C12H19FN2O/c1-2-15(7-4-8-16)9-10-11(13)5-3-6-12(10)14/h3,5-6,16H,2,4,7-9,14H2,1H3. The van der Waals surface area contributed by atoms with Crippen LogP contribution in [0.4, 0.5) is 10.1 Å². The van der Waals surface area contributed by atoms with Crippen molar-refractivity contribution in [1.82, 2.24) is 4.90 Å². The van der Waals surface area contributed by atoms with Gasteiger partial charge in [0.2, 0.25) is 0 Å². The molecule has 1 aromatic rings. The van der Waals surface area contributed by atoms with Gasteiger partial charge in [0.25, 0.3) is 0 Å². The minimum atomic E-state index is -0.262. The number of nitrogens with zero attached hydrogens (tertiary/aromatic N) is 1. The van der Waals surface area contributed by atoms with E-state index in [2.05, 4.69) is 4.90 Å². The van der Waals surface area contributed by atoms with Crippen LogP contribution in [0.2, 0.25) is 0 Å². The number of nitrogen functional groups attached to an aromatic ring is 1. The molecule has 4 heteroatoms. The van der Waals surface area contributed by atoms with E-state index in [0.29, 0.717) is 24.2 Å². The van der Waals surface area contributed by atoms with Crippen LogP contribution in [0.3, 0.4) is 0 Å². The van der Waals surface area contributed by atoms with Gasteiger partial charge in [0, 0.05) is 30.9 Å². The van der Waals surface area contributed by atoms with Gasteiger partial charge in [-0.15, -0.1) is 0 Å².